The number of amides is 2. The number of ether oxygens (including phenoxy) is 2. The molecule has 10 heteroatoms. The Balaban J connectivity index is 1.56. The molecule has 1 aliphatic rings. The van der Waals surface area contributed by atoms with Crippen LogP contribution in [0.2, 0.25) is 0 Å². The van der Waals surface area contributed by atoms with E-state index in [0.717, 1.165) is 32.4 Å². The monoisotopic (exact) mass is 421 g/mol. The number of anilines is 1. The average molecular weight is 422 g/mol. The number of rotatable bonds is 11. The molecule has 29 heavy (non-hydrogen) atoms. The molecule has 0 bridgehead atoms. The van der Waals surface area contributed by atoms with Crippen molar-refractivity contribution in [3.63, 3.8) is 0 Å². The summed E-state index contributed by atoms with van der Waals surface area (Å²) in [6.45, 7) is 2.85. The Hall–Kier alpha value is -2.30. The van der Waals surface area contributed by atoms with Crippen molar-refractivity contribution in [3.05, 3.63) is 29.8 Å². The summed E-state index contributed by atoms with van der Waals surface area (Å²) in [4.78, 5) is 35.5. The summed E-state index contributed by atoms with van der Waals surface area (Å²) in [5.74, 6) is -0.259. The third-order valence-electron chi connectivity index (χ3n) is 4.62. The summed E-state index contributed by atoms with van der Waals surface area (Å²) in [5, 5.41) is 3.42. The largest absolute Gasteiger partial charge is 0.384 e. The second kappa shape index (κ2) is 11.0. The third kappa shape index (κ3) is 6.34. The number of hydrogen-bond donors (Lipinski definition) is 1. The van der Waals surface area contributed by atoms with Gasteiger partial charge in [0.05, 0.1) is 38.2 Å². The molecule has 3 rings (SSSR count). The van der Waals surface area contributed by atoms with Gasteiger partial charge in [0.15, 0.2) is 5.13 Å². The first-order valence-corrected chi connectivity index (χ1v) is 10.6. The quantitative estimate of drug-likeness (QED) is 0.555. The highest BCUT2D eigenvalue weighted by Crippen LogP contribution is 2.25. The van der Waals surface area contributed by atoms with E-state index in [0.29, 0.717) is 29.7 Å². The first-order chi connectivity index (χ1) is 14.2. The zero-order valence-corrected chi connectivity index (χ0v) is 17.4. The molecule has 0 radical (unpaired) electrons. The number of imidazole rings is 1. The zero-order chi connectivity index (χ0) is 20.5. The standard InChI is InChI=1S/C19H27N5O4S/c1-27-11-5-17(25)24(13-15-4-2-10-28-15)19-22-12-16(29-19)18(26)21-6-3-8-23-9-7-20-14-23/h7,9,12,14-15H,2-6,8,10-11,13H2,1H3,(H,21,26). The topological polar surface area (TPSA) is 98.6 Å². The van der Waals surface area contributed by atoms with E-state index >= 15 is 0 Å². The van der Waals surface area contributed by atoms with E-state index in [1.807, 2.05) is 10.8 Å². The van der Waals surface area contributed by atoms with E-state index in [9.17, 15) is 9.59 Å². The lowest BCUT2D eigenvalue weighted by atomic mass is 10.2. The summed E-state index contributed by atoms with van der Waals surface area (Å²) in [5.41, 5.74) is 0. The van der Waals surface area contributed by atoms with Gasteiger partial charge in [0.2, 0.25) is 5.91 Å². The van der Waals surface area contributed by atoms with Gasteiger partial charge in [-0.3, -0.25) is 14.5 Å². The first-order valence-electron chi connectivity index (χ1n) is 9.78. The lowest BCUT2D eigenvalue weighted by Gasteiger charge is -2.23. The molecule has 0 aromatic carbocycles. The summed E-state index contributed by atoms with van der Waals surface area (Å²) in [7, 11) is 1.57. The molecule has 1 N–H and O–H groups in total. The highest BCUT2D eigenvalue weighted by Gasteiger charge is 2.26. The normalized spacial score (nSPS) is 16.1. The average Bonchev–Trinajstić information content (AvgIpc) is 3.49. The number of nitrogens with one attached hydrogen (secondary N) is 1. The number of methoxy groups -OCH3 is 1. The summed E-state index contributed by atoms with van der Waals surface area (Å²) in [6, 6.07) is 0. The van der Waals surface area contributed by atoms with E-state index in [4.69, 9.17) is 9.47 Å². The molecule has 1 aliphatic heterocycles. The van der Waals surface area contributed by atoms with Crippen LogP contribution in [-0.4, -0.2) is 65.9 Å². The smallest absolute Gasteiger partial charge is 0.263 e. The molecule has 2 aromatic heterocycles. The molecule has 2 aromatic rings. The van der Waals surface area contributed by atoms with Crippen LogP contribution < -0.4 is 10.2 Å². The molecule has 158 valence electrons. The zero-order valence-electron chi connectivity index (χ0n) is 16.6. The molecular formula is C19H27N5O4S. The van der Waals surface area contributed by atoms with Gasteiger partial charge in [-0.1, -0.05) is 11.3 Å². The van der Waals surface area contributed by atoms with E-state index in [1.54, 1.807) is 24.5 Å². The first kappa shape index (κ1) is 21.4. The maximum Gasteiger partial charge on any atom is 0.263 e. The Morgan fingerprint density at radius 2 is 2.38 bits per heavy atom. The number of nitrogens with zero attached hydrogens (tertiary/aromatic N) is 4. The molecule has 9 nitrogen and oxygen atoms in total. The van der Waals surface area contributed by atoms with Crippen molar-refractivity contribution in [1.29, 1.82) is 0 Å². The second-order valence-electron chi connectivity index (χ2n) is 6.80. The Bertz CT molecular complexity index is 773. The van der Waals surface area contributed by atoms with Crippen LogP contribution in [0.4, 0.5) is 5.13 Å². The van der Waals surface area contributed by atoms with E-state index < -0.39 is 0 Å². The highest BCUT2D eigenvalue weighted by molar-refractivity contribution is 7.17. The fraction of sp³-hybridized carbons (Fsp3) is 0.579. The minimum atomic E-state index is -0.180. The Labute approximate surface area is 174 Å². The number of carbonyl (C=O) groups is 2. The van der Waals surface area contributed by atoms with Gasteiger partial charge in [-0.25, -0.2) is 9.97 Å². The van der Waals surface area contributed by atoms with Crippen LogP contribution in [0.15, 0.2) is 24.9 Å². The summed E-state index contributed by atoms with van der Waals surface area (Å²) >= 11 is 1.22. The number of hydrogen-bond acceptors (Lipinski definition) is 7. The van der Waals surface area contributed by atoms with Crippen molar-refractivity contribution in [1.82, 2.24) is 19.9 Å². The van der Waals surface area contributed by atoms with Crippen LogP contribution in [0, 0.1) is 0 Å². The van der Waals surface area contributed by atoms with Gasteiger partial charge in [-0.15, -0.1) is 0 Å². The maximum absolute atomic E-state index is 12.6. The number of thiazole rings is 1. The predicted octanol–water partition coefficient (Wildman–Crippen LogP) is 1.71. The van der Waals surface area contributed by atoms with Gasteiger partial charge in [-0.2, -0.15) is 0 Å². The molecule has 0 spiro atoms. The Morgan fingerprint density at radius 1 is 1.48 bits per heavy atom. The van der Waals surface area contributed by atoms with Crippen molar-refractivity contribution in [2.24, 2.45) is 0 Å². The highest BCUT2D eigenvalue weighted by atomic mass is 32.1. The predicted molar refractivity (Wildman–Crippen MR) is 109 cm³/mol. The van der Waals surface area contributed by atoms with Gasteiger partial charge < -0.3 is 19.4 Å². The van der Waals surface area contributed by atoms with Crippen molar-refractivity contribution in [3.8, 4) is 0 Å². The second-order valence-corrected chi connectivity index (χ2v) is 7.81. The lowest BCUT2D eigenvalue weighted by Crippen LogP contribution is -2.37. The van der Waals surface area contributed by atoms with Crippen LogP contribution in [0.1, 0.15) is 35.4 Å². The molecule has 1 fully saturated rings. The Kier molecular flexibility index (Phi) is 8.14. The molecule has 1 saturated heterocycles. The van der Waals surface area contributed by atoms with Crippen LogP contribution in [0.3, 0.4) is 0 Å². The molecular weight excluding hydrogens is 394 g/mol. The van der Waals surface area contributed by atoms with Gasteiger partial charge in [0.1, 0.15) is 4.88 Å². The summed E-state index contributed by atoms with van der Waals surface area (Å²) < 4.78 is 12.7. The van der Waals surface area contributed by atoms with E-state index in [-0.39, 0.29) is 24.3 Å². The van der Waals surface area contributed by atoms with Gasteiger partial charge >= 0.3 is 0 Å². The Morgan fingerprint density at radius 3 is 3.10 bits per heavy atom. The van der Waals surface area contributed by atoms with Crippen LogP contribution in [0.5, 0.6) is 0 Å². The molecule has 3 heterocycles. The van der Waals surface area contributed by atoms with Crippen molar-refractivity contribution < 1.29 is 19.1 Å². The number of aryl methyl sites for hydroxylation is 1. The lowest BCUT2D eigenvalue weighted by molar-refractivity contribution is -0.119. The van der Waals surface area contributed by atoms with Crippen LogP contribution in [-0.2, 0) is 20.8 Å². The van der Waals surface area contributed by atoms with Gasteiger partial charge in [0, 0.05) is 39.2 Å². The van der Waals surface area contributed by atoms with Crippen molar-refractivity contribution in [2.75, 3.05) is 38.3 Å². The van der Waals surface area contributed by atoms with E-state index in [2.05, 4.69) is 15.3 Å². The fourth-order valence-corrected chi connectivity index (χ4v) is 3.93. The van der Waals surface area contributed by atoms with Crippen molar-refractivity contribution >= 4 is 28.3 Å². The van der Waals surface area contributed by atoms with E-state index in [1.165, 1.54) is 17.5 Å². The van der Waals surface area contributed by atoms with Crippen molar-refractivity contribution in [2.45, 2.75) is 38.3 Å². The SMILES string of the molecule is COCCC(=O)N(CC1CCCO1)c1ncc(C(=O)NCCCn2ccnc2)s1. The van der Waals surface area contributed by atoms with Crippen LogP contribution in [0.25, 0.3) is 0 Å². The minimum Gasteiger partial charge on any atom is -0.384 e. The number of carbonyl (C=O) groups excluding carboxylic acids is 2. The van der Waals surface area contributed by atoms with Gasteiger partial charge in [0.25, 0.3) is 5.91 Å². The molecule has 0 saturated carbocycles. The molecule has 2 amide bonds. The minimum absolute atomic E-state index is 0.00541. The molecule has 1 atom stereocenters. The molecule has 0 aliphatic carbocycles. The van der Waals surface area contributed by atoms with Crippen LogP contribution >= 0.6 is 11.3 Å². The summed E-state index contributed by atoms with van der Waals surface area (Å²) in [6.07, 6.45) is 9.88. The maximum atomic E-state index is 12.6. The third-order valence-corrected chi connectivity index (χ3v) is 5.64. The van der Waals surface area contributed by atoms with Gasteiger partial charge in [-0.05, 0) is 19.3 Å². The fourth-order valence-electron chi connectivity index (χ4n) is 3.07. The molecule has 1 unspecified atom stereocenters. The number of aromatic nitrogens is 3.